The Hall–Kier alpha value is -1.80. The number of rotatable bonds is 7. The molecule has 3 rings (SSSR count). The fourth-order valence-corrected chi connectivity index (χ4v) is 5.25. The van der Waals surface area contributed by atoms with E-state index >= 15 is 0 Å². The Balaban J connectivity index is 1.62. The molecule has 6 nitrogen and oxygen atoms in total. The highest BCUT2D eigenvalue weighted by molar-refractivity contribution is 8.00. The summed E-state index contributed by atoms with van der Waals surface area (Å²) in [7, 11) is 0. The average molecular weight is 436 g/mol. The molecular formula is C21H29N3O3S2. The van der Waals surface area contributed by atoms with Gasteiger partial charge in [-0.25, -0.2) is 0 Å². The van der Waals surface area contributed by atoms with Gasteiger partial charge in [0, 0.05) is 19.6 Å². The Morgan fingerprint density at radius 1 is 1.24 bits per heavy atom. The van der Waals surface area contributed by atoms with Crippen molar-refractivity contribution in [2.75, 3.05) is 31.2 Å². The van der Waals surface area contributed by atoms with E-state index in [0.29, 0.717) is 23.1 Å². The Kier molecular flexibility index (Phi) is 7.77. The van der Waals surface area contributed by atoms with Crippen LogP contribution in [0.25, 0.3) is 10.2 Å². The van der Waals surface area contributed by atoms with Gasteiger partial charge in [0.25, 0.3) is 5.91 Å². The molecule has 1 aromatic carbocycles. The summed E-state index contributed by atoms with van der Waals surface area (Å²) in [6.07, 6.45) is 2.14. The number of fused-ring (bicyclic) bond motifs is 1. The molecular weight excluding hydrogens is 406 g/mol. The minimum absolute atomic E-state index is 0.128. The summed E-state index contributed by atoms with van der Waals surface area (Å²) >= 11 is 2.84. The number of carbonyl (C=O) groups is 2. The molecule has 0 saturated carbocycles. The van der Waals surface area contributed by atoms with Gasteiger partial charge in [0.05, 0.1) is 28.3 Å². The van der Waals surface area contributed by atoms with Crippen LogP contribution < -0.4 is 9.54 Å². The molecule has 0 radical (unpaired) electrons. The van der Waals surface area contributed by atoms with Gasteiger partial charge in [-0.15, -0.1) is 11.8 Å². The third kappa shape index (κ3) is 5.63. The minimum Gasteiger partial charge on any atom is -0.494 e. The van der Waals surface area contributed by atoms with Crippen LogP contribution in [0.15, 0.2) is 23.2 Å². The third-order valence-corrected chi connectivity index (χ3v) is 7.03. The van der Waals surface area contributed by atoms with E-state index in [9.17, 15) is 9.59 Å². The Bertz CT molecular complexity index is 927. The van der Waals surface area contributed by atoms with Gasteiger partial charge in [-0.05, 0) is 50.8 Å². The number of amides is 2. The molecule has 0 atom stereocenters. The van der Waals surface area contributed by atoms with Crippen LogP contribution in [0.1, 0.15) is 33.6 Å². The number of carbonyl (C=O) groups excluding carboxylic acids is 2. The first-order chi connectivity index (χ1) is 14.0. The Labute approximate surface area is 180 Å². The molecule has 8 heteroatoms. The van der Waals surface area contributed by atoms with E-state index < -0.39 is 0 Å². The number of hydrogen-bond donors (Lipinski definition) is 0. The molecule has 158 valence electrons. The number of thioether (sulfide) groups is 1. The zero-order chi connectivity index (χ0) is 20.8. The molecule has 1 fully saturated rings. The summed E-state index contributed by atoms with van der Waals surface area (Å²) in [6.45, 7) is 9.25. The fourth-order valence-electron chi connectivity index (χ4n) is 3.41. The van der Waals surface area contributed by atoms with Crippen molar-refractivity contribution in [1.82, 2.24) is 9.47 Å². The van der Waals surface area contributed by atoms with Crippen molar-refractivity contribution in [2.24, 2.45) is 10.9 Å². The van der Waals surface area contributed by atoms with Crippen molar-refractivity contribution >= 4 is 45.1 Å². The highest BCUT2D eigenvalue weighted by Gasteiger charge is 2.20. The first-order valence-electron chi connectivity index (χ1n) is 10.2. The molecule has 0 N–H and O–H groups in total. The van der Waals surface area contributed by atoms with Crippen LogP contribution in [0.3, 0.4) is 0 Å². The second-order valence-corrected chi connectivity index (χ2v) is 9.25. The van der Waals surface area contributed by atoms with E-state index in [4.69, 9.17) is 4.74 Å². The summed E-state index contributed by atoms with van der Waals surface area (Å²) in [4.78, 5) is 31.6. The second kappa shape index (κ2) is 10.3. The number of ether oxygens (including phenoxy) is 1. The van der Waals surface area contributed by atoms with Crippen LogP contribution in [0, 0.1) is 5.92 Å². The summed E-state index contributed by atoms with van der Waals surface area (Å²) in [5, 5.41) is 0. The molecule has 1 aromatic heterocycles. The van der Waals surface area contributed by atoms with Crippen molar-refractivity contribution < 1.29 is 14.3 Å². The Morgan fingerprint density at radius 3 is 2.69 bits per heavy atom. The van der Waals surface area contributed by atoms with Gasteiger partial charge in [-0.2, -0.15) is 4.99 Å². The molecule has 0 spiro atoms. The van der Waals surface area contributed by atoms with Crippen molar-refractivity contribution in [1.29, 1.82) is 0 Å². The normalized spacial score (nSPS) is 15.8. The lowest BCUT2D eigenvalue weighted by Crippen LogP contribution is -2.39. The quantitative estimate of drug-likeness (QED) is 0.667. The standard InChI is InChI=1S/C21H29N3O3S2/c1-4-24-17-7-6-16(27-5-2)12-18(17)29-21(24)22-19(25)13-28-14-20(26)23-10-8-15(3)9-11-23/h6-7,12,15H,4-5,8-11,13-14H2,1-3H3. The lowest BCUT2D eigenvalue weighted by molar-refractivity contribution is -0.129. The van der Waals surface area contributed by atoms with Crippen LogP contribution in [0.2, 0.25) is 0 Å². The van der Waals surface area contributed by atoms with Gasteiger partial charge in [0.15, 0.2) is 4.80 Å². The number of piperidine rings is 1. The summed E-state index contributed by atoms with van der Waals surface area (Å²) in [5.41, 5.74) is 1.05. The molecule has 2 aromatic rings. The molecule has 0 aliphatic carbocycles. The minimum atomic E-state index is -0.200. The van der Waals surface area contributed by atoms with Crippen molar-refractivity contribution in [2.45, 2.75) is 40.2 Å². The maximum Gasteiger partial charge on any atom is 0.258 e. The monoisotopic (exact) mass is 435 g/mol. The molecule has 29 heavy (non-hydrogen) atoms. The zero-order valence-electron chi connectivity index (χ0n) is 17.3. The number of likely N-dealkylation sites (tertiary alicyclic amines) is 1. The van der Waals surface area contributed by atoms with Crippen LogP contribution in [-0.4, -0.2) is 52.5 Å². The highest BCUT2D eigenvalue weighted by atomic mass is 32.2. The molecule has 2 heterocycles. The van der Waals surface area contributed by atoms with Crippen LogP contribution in [-0.2, 0) is 16.1 Å². The van der Waals surface area contributed by atoms with Gasteiger partial charge in [0.1, 0.15) is 5.75 Å². The van der Waals surface area contributed by atoms with E-state index in [-0.39, 0.29) is 17.6 Å². The van der Waals surface area contributed by atoms with Gasteiger partial charge < -0.3 is 14.2 Å². The van der Waals surface area contributed by atoms with Crippen LogP contribution >= 0.6 is 23.1 Å². The largest absolute Gasteiger partial charge is 0.494 e. The van der Waals surface area contributed by atoms with Crippen molar-refractivity contribution in [3.05, 3.63) is 23.0 Å². The summed E-state index contributed by atoms with van der Waals surface area (Å²) in [5.74, 6) is 2.01. The molecule has 1 aliphatic rings. The first-order valence-corrected chi connectivity index (χ1v) is 12.2. The highest BCUT2D eigenvalue weighted by Crippen LogP contribution is 2.23. The molecule has 1 aliphatic heterocycles. The predicted molar refractivity (Wildman–Crippen MR) is 120 cm³/mol. The number of thiazole rings is 1. The van der Waals surface area contributed by atoms with Crippen molar-refractivity contribution in [3.8, 4) is 5.75 Å². The van der Waals surface area contributed by atoms with Crippen LogP contribution in [0.4, 0.5) is 0 Å². The second-order valence-electron chi connectivity index (χ2n) is 7.25. The SMILES string of the molecule is CCOc1ccc2c(c1)sc(=NC(=O)CSCC(=O)N1CCC(C)CC1)n2CC. The number of aryl methyl sites for hydroxylation is 1. The lowest BCUT2D eigenvalue weighted by Gasteiger charge is -2.30. The van der Waals surface area contributed by atoms with E-state index in [1.807, 2.05) is 41.5 Å². The van der Waals surface area contributed by atoms with E-state index in [0.717, 1.165) is 48.4 Å². The first kappa shape index (κ1) is 21.9. The zero-order valence-corrected chi connectivity index (χ0v) is 19.0. The maximum atomic E-state index is 12.4. The summed E-state index contributed by atoms with van der Waals surface area (Å²) in [6, 6.07) is 5.95. The van der Waals surface area contributed by atoms with E-state index in [1.54, 1.807) is 0 Å². The van der Waals surface area contributed by atoms with Gasteiger partial charge in [-0.1, -0.05) is 18.3 Å². The van der Waals surface area contributed by atoms with Crippen molar-refractivity contribution in [3.63, 3.8) is 0 Å². The summed E-state index contributed by atoms with van der Waals surface area (Å²) < 4.78 is 8.66. The van der Waals surface area contributed by atoms with E-state index in [2.05, 4.69) is 11.9 Å². The number of benzene rings is 1. The average Bonchev–Trinajstić information content (AvgIpc) is 3.04. The molecule has 0 bridgehead atoms. The molecule has 0 unspecified atom stereocenters. The number of hydrogen-bond acceptors (Lipinski definition) is 5. The number of nitrogens with zero attached hydrogens (tertiary/aromatic N) is 3. The number of aromatic nitrogens is 1. The van der Waals surface area contributed by atoms with E-state index in [1.165, 1.54) is 23.1 Å². The molecule has 1 saturated heterocycles. The Morgan fingerprint density at radius 2 is 2.00 bits per heavy atom. The third-order valence-electron chi connectivity index (χ3n) is 5.09. The lowest BCUT2D eigenvalue weighted by atomic mass is 9.99. The van der Waals surface area contributed by atoms with Gasteiger partial charge in [-0.3, -0.25) is 9.59 Å². The van der Waals surface area contributed by atoms with Crippen LogP contribution in [0.5, 0.6) is 5.75 Å². The topological polar surface area (TPSA) is 63.9 Å². The van der Waals surface area contributed by atoms with Gasteiger partial charge in [0.2, 0.25) is 5.91 Å². The smallest absolute Gasteiger partial charge is 0.258 e. The predicted octanol–water partition coefficient (Wildman–Crippen LogP) is 3.54. The molecule has 2 amide bonds. The van der Waals surface area contributed by atoms with Gasteiger partial charge >= 0.3 is 0 Å². The maximum absolute atomic E-state index is 12.4. The fraction of sp³-hybridized carbons (Fsp3) is 0.571.